The predicted molar refractivity (Wildman–Crippen MR) is 67.9 cm³/mol. The molecule has 3 nitrogen and oxygen atoms in total. The Morgan fingerprint density at radius 3 is 2.62 bits per heavy atom. The van der Waals surface area contributed by atoms with Gasteiger partial charge in [-0.05, 0) is 32.4 Å². The summed E-state index contributed by atoms with van der Waals surface area (Å²) < 4.78 is 0. The largest absolute Gasteiger partial charge is 0.357 e. The number of nitrogens with one attached hydrogen (secondary N) is 1. The van der Waals surface area contributed by atoms with Crippen LogP contribution in [0.2, 0.25) is 0 Å². The molecule has 0 atom stereocenters. The molecule has 0 amide bonds. The molecule has 0 aliphatic carbocycles. The van der Waals surface area contributed by atoms with Crippen molar-refractivity contribution < 1.29 is 0 Å². The SMILES string of the molecule is Cc1ccc(CNc2nc(C)c(C)s2)cn1. The molecule has 2 aromatic heterocycles. The molecule has 84 valence electrons. The van der Waals surface area contributed by atoms with E-state index >= 15 is 0 Å². The fourth-order valence-corrected chi connectivity index (χ4v) is 2.14. The third-order valence-corrected chi connectivity index (χ3v) is 3.48. The van der Waals surface area contributed by atoms with E-state index in [0.29, 0.717) is 0 Å². The number of nitrogens with zero attached hydrogens (tertiary/aromatic N) is 2. The van der Waals surface area contributed by atoms with Gasteiger partial charge in [-0.2, -0.15) is 0 Å². The van der Waals surface area contributed by atoms with E-state index in [1.54, 1.807) is 11.3 Å². The van der Waals surface area contributed by atoms with Crippen molar-refractivity contribution in [2.24, 2.45) is 0 Å². The van der Waals surface area contributed by atoms with Crippen molar-refractivity contribution in [3.05, 3.63) is 40.2 Å². The van der Waals surface area contributed by atoms with Crippen LogP contribution in [0.25, 0.3) is 0 Å². The monoisotopic (exact) mass is 233 g/mol. The molecule has 0 aliphatic heterocycles. The van der Waals surface area contributed by atoms with Gasteiger partial charge in [0.1, 0.15) is 0 Å². The van der Waals surface area contributed by atoms with Crippen molar-refractivity contribution in [1.82, 2.24) is 9.97 Å². The van der Waals surface area contributed by atoms with Gasteiger partial charge in [0.05, 0.1) is 5.69 Å². The molecule has 0 spiro atoms. The Labute approximate surface area is 99.6 Å². The zero-order valence-corrected chi connectivity index (χ0v) is 10.6. The van der Waals surface area contributed by atoms with Gasteiger partial charge in [0.25, 0.3) is 0 Å². The molecule has 0 aliphatic rings. The fourth-order valence-electron chi connectivity index (χ4n) is 1.33. The van der Waals surface area contributed by atoms with Crippen LogP contribution in [0, 0.1) is 20.8 Å². The first-order valence-corrected chi connectivity index (χ1v) is 6.06. The minimum atomic E-state index is 0.777. The molecule has 16 heavy (non-hydrogen) atoms. The summed E-state index contributed by atoms with van der Waals surface area (Å²) in [5.74, 6) is 0. The second kappa shape index (κ2) is 4.61. The second-order valence-corrected chi connectivity index (χ2v) is 5.03. The normalized spacial score (nSPS) is 10.4. The van der Waals surface area contributed by atoms with E-state index in [4.69, 9.17) is 0 Å². The maximum Gasteiger partial charge on any atom is 0.183 e. The summed E-state index contributed by atoms with van der Waals surface area (Å²) in [6, 6.07) is 4.11. The lowest BCUT2D eigenvalue weighted by molar-refractivity contribution is 1.07. The van der Waals surface area contributed by atoms with Crippen LogP contribution < -0.4 is 5.32 Å². The van der Waals surface area contributed by atoms with Crippen LogP contribution in [0.1, 0.15) is 21.8 Å². The summed E-state index contributed by atoms with van der Waals surface area (Å²) in [5.41, 5.74) is 3.33. The molecule has 4 heteroatoms. The van der Waals surface area contributed by atoms with Crippen LogP contribution in [0.3, 0.4) is 0 Å². The highest BCUT2D eigenvalue weighted by Gasteiger charge is 2.02. The van der Waals surface area contributed by atoms with Crippen molar-refractivity contribution in [1.29, 1.82) is 0 Å². The van der Waals surface area contributed by atoms with E-state index in [2.05, 4.69) is 28.3 Å². The number of anilines is 1. The summed E-state index contributed by atoms with van der Waals surface area (Å²) in [6.07, 6.45) is 1.90. The van der Waals surface area contributed by atoms with Gasteiger partial charge in [0, 0.05) is 23.3 Å². The molecule has 0 aromatic carbocycles. The topological polar surface area (TPSA) is 37.8 Å². The van der Waals surface area contributed by atoms with Crippen LogP contribution in [0.4, 0.5) is 5.13 Å². The molecule has 0 saturated carbocycles. The molecule has 1 N–H and O–H groups in total. The van der Waals surface area contributed by atoms with Crippen LogP contribution in [-0.2, 0) is 6.54 Å². The van der Waals surface area contributed by atoms with Crippen LogP contribution in [-0.4, -0.2) is 9.97 Å². The van der Waals surface area contributed by atoms with Crippen molar-refractivity contribution in [2.75, 3.05) is 5.32 Å². The molecule has 2 rings (SSSR count). The first kappa shape index (κ1) is 11.1. The quantitative estimate of drug-likeness (QED) is 0.885. The van der Waals surface area contributed by atoms with Gasteiger partial charge in [-0.15, -0.1) is 11.3 Å². The lowest BCUT2D eigenvalue weighted by Gasteiger charge is -2.02. The summed E-state index contributed by atoms with van der Waals surface area (Å²) >= 11 is 1.69. The standard InChI is InChI=1S/C12H15N3S/c1-8-4-5-11(6-13-8)7-14-12-15-9(2)10(3)16-12/h4-6H,7H2,1-3H3,(H,14,15). The highest BCUT2D eigenvalue weighted by Crippen LogP contribution is 2.21. The average molecular weight is 233 g/mol. The third kappa shape index (κ3) is 2.58. The Morgan fingerprint density at radius 1 is 1.25 bits per heavy atom. The Morgan fingerprint density at radius 2 is 2.06 bits per heavy atom. The molecular formula is C12H15N3S. The van der Waals surface area contributed by atoms with E-state index in [-0.39, 0.29) is 0 Å². The van der Waals surface area contributed by atoms with Gasteiger partial charge in [0.15, 0.2) is 5.13 Å². The first-order chi connectivity index (χ1) is 7.65. The van der Waals surface area contributed by atoms with Crippen LogP contribution >= 0.6 is 11.3 Å². The summed E-state index contributed by atoms with van der Waals surface area (Å²) in [7, 11) is 0. The predicted octanol–water partition coefficient (Wildman–Crippen LogP) is 3.08. The van der Waals surface area contributed by atoms with Crippen molar-refractivity contribution in [3.8, 4) is 0 Å². The first-order valence-electron chi connectivity index (χ1n) is 5.24. The van der Waals surface area contributed by atoms with E-state index < -0.39 is 0 Å². The average Bonchev–Trinajstić information content (AvgIpc) is 2.58. The second-order valence-electron chi connectivity index (χ2n) is 3.82. The van der Waals surface area contributed by atoms with E-state index in [0.717, 1.165) is 23.1 Å². The smallest absolute Gasteiger partial charge is 0.183 e. The van der Waals surface area contributed by atoms with Crippen LogP contribution in [0.15, 0.2) is 18.3 Å². The minimum absolute atomic E-state index is 0.777. The molecule has 0 saturated heterocycles. The van der Waals surface area contributed by atoms with Gasteiger partial charge in [-0.25, -0.2) is 4.98 Å². The molecule has 0 radical (unpaired) electrons. The number of hydrogen-bond acceptors (Lipinski definition) is 4. The maximum absolute atomic E-state index is 4.43. The number of pyridine rings is 1. The van der Waals surface area contributed by atoms with Gasteiger partial charge >= 0.3 is 0 Å². The summed E-state index contributed by atoms with van der Waals surface area (Å²) in [4.78, 5) is 9.96. The van der Waals surface area contributed by atoms with Gasteiger partial charge in [0.2, 0.25) is 0 Å². The van der Waals surface area contributed by atoms with E-state index in [1.807, 2.05) is 26.1 Å². The van der Waals surface area contributed by atoms with Crippen molar-refractivity contribution in [2.45, 2.75) is 27.3 Å². The third-order valence-electron chi connectivity index (χ3n) is 2.44. The number of aryl methyl sites for hydroxylation is 3. The molecular weight excluding hydrogens is 218 g/mol. The highest BCUT2D eigenvalue weighted by molar-refractivity contribution is 7.15. The van der Waals surface area contributed by atoms with Gasteiger partial charge in [-0.3, -0.25) is 4.98 Å². The number of thiazole rings is 1. The van der Waals surface area contributed by atoms with Crippen molar-refractivity contribution >= 4 is 16.5 Å². The fraction of sp³-hybridized carbons (Fsp3) is 0.333. The maximum atomic E-state index is 4.43. The molecule has 0 fully saturated rings. The van der Waals surface area contributed by atoms with Crippen molar-refractivity contribution in [3.63, 3.8) is 0 Å². The molecule has 0 bridgehead atoms. The Kier molecular flexibility index (Phi) is 3.19. The van der Waals surface area contributed by atoms with E-state index in [1.165, 1.54) is 10.4 Å². The van der Waals surface area contributed by atoms with E-state index in [9.17, 15) is 0 Å². The minimum Gasteiger partial charge on any atom is -0.357 e. The summed E-state index contributed by atoms with van der Waals surface area (Å²) in [6.45, 7) is 6.89. The van der Waals surface area contributed by atoms with Gasteiger partial charge < -0.3 is 5.32 Å². The summed E-state index contributed by atoms with van der Waals surface area (Å²) in [5, 5.41) is 4.29. The molecule has 2 heterocycles. The van der Waals surface area contributed by atoms with Gasteiger partial charge in [-0.1, -0.05) is 6.07 Å². The number of rotatable bonds is 3. The highest BCUT2D eigenvalue weighted by atomic mass is 32.1. The lowest BCUT2D eigenvalue weighted by atomic mass is 10.2. The molecule has 2 aromatic rings. The Balaban J connectivity index is 1.99. The molecule has 0 unspecified atom stereocenters. The Hall–Kier alpha value is -1.42. The Bertz CT molecular complexity index is 454. The number of aromatic nitrogens is 2. The van der Waals surface area contributed by atoms with Crippen LogP contribution in [0.5, 0.6) is 0 Å². The lowest BCUT2D eigenvalue weighted by Crippen LogP contribution is -1.99. The zero-order chi connectivity index (χ0) is 11.5. The number of hydrogen-bond donors (Lipinski definition) is 1. The zero-order valence-electron chi connectivity index (χ0n) is 9.74.